The van der Waals surface area contributed by atoms with Gasteiger partial charge in [-0.3, -0.25) is 9.59 Å². The summed E-state index contributed by atoms with van der Waals surface area (Å²) in [6, 6.07) is 1.61. The van der Waals surface area contributed by atoms with Crippen molar-refractivity contribution in [3.8, 4) is 0 Å². The fourth-order valence-corrected chi connectivity index (χ4v) is 2.16. The summed E-state index contributed by atoms with van der Waals surface area (Å²) in [6.07, 6.45) is 2.36. The van der Waals surface area contributed by atoms with Crippen molar-refractivity contribution >= 4 is 11.9 Å². The Kier molecular flexibility index (Phi) is 3.13. The molecule has 2 heterocycles. The summed E-state index contributed by atoms with van der Waals surface area (Å²) in [7, 11) is 0. The third-order valence-corrected chi connectivity index (χ3v) is 3.31. The number of hydrogen-bond donors (Lipinski definition) is 2. The van der Waals surface area contributed by atoms with Gasteiger partial charge in [-0.25, -0.2) is 0 Å². The van der Waals surface area contributed by atoms with Crippen LogP contribution in [-0.2, 0) is 11.2 Å². The summed E-state index contributed by atoms with van der Waals surface area (Å²) in [6.45, 7) is 2.29. The lowest BCUT2D eigenvalue weighted by molar-refractivity contribution is -0.142. The number of likely N-dealkylation sites (tertiary alicyclic amines) is 1. The average Bonchev–Trinajstić information content (AvgIpc) is 2.94. The van der Waals surface area contributed by atoms with E-state index in [-0.39, 0.29) is 18.9 Å². The molecule has 18 heavy (non-hydrogen) atoms. The largest absolute Gasteiger partial charge is 0.480 e. The Morgan fingerprint density at radius 1 is 1.61 bits per heavy atom. The van der Waals surface area contributed by atoms with Crippen molar-refractivity contribution in [2.24, 2.45) is 5.73 Å². The summed E-state index contributed by atoms with van der Waals surface area (Å²) in [5.41, 5.74) is 4.90. The number of carboxylic acid groups (broad SMARTS) is 1. The van der Waals surface area contributed by atoms with E-state index in [1.165, 1.54) is 11.2 Å². The number of nitrogens with zero attached hydrogens (tertiary/aromatic N) is 1. The number of furan rings is 1. The molecular weight excluding hydrogens is 236 g/mol. The van der Waals surface area contributed by atoms with Gasteiger partial charge in [0.1, 0.15) is 11.3 Å². The summed E-state index contributed by atoms with van der Waals surface area (Å²) in [5.74, 6) is -0.667. The number of carbonyl (C=O) groups is 2. The fourth-order valence-electron chi connectivity index (χ4n) is 2.16. The molecule has 1 aromatic heterocycles. The zero-order chi connectivity index (χ0) is 13.3. The lowest BCUT2D eigenvalue weighted by Crippen LogP contribution is -2.50. The molecule has 1 saturated heterocycles. The molecule has 3 N–H and O–H groups in total. The van der Waals surface area contributed by atoms with E-state index in [0.717, 1.165) is 0 Å². The highest BCUT2D eigenvalue weighted by atomic mass is 16.4. The van der Waals surface area contributed by atoms with Gasteiger partial charge in [-0.1, -0.05) is 6.92 Å². The number of carboxylic acids is 1. The lowest BCUT2D eigenvalue weighted by atomic mass is 10.0. The molecule has 1 unspecified atom stereocenters. The fraction of sp³-hybridized carbons (Fsp3) is 0.500. The maximum Gasteiger partial charge on any atom is 0.325 e. The normalized spacial score (nSPS) is 23.3. The van der Waals surface area contributed by atoms with Gasteiger partial charge in [-0.05, 0) is 12.5 Å². The minimum Gasteiger partial charge on any atom is -0.480 e. The third-order valence-electron chi connectivity index (χ3n) is 3.31. The molecule has 1 aromatic rings. The quantitative estimate of drug-likeness (QED) is 0.815. The SMILES string of the molecule is CCc1occc1C(=O)N1CCC(N)(C(=O)O)C1. The molecule has 0 saturated carbocycles. The molecule has 0 aromatic carbocycles. The Morgan fingerprint density at radius 3 is 2.89 bits per heavy atom. The molecule has 1 fully saturated rings. The van der Waals surface area contributed by atoms with E-state index in [1.807, 2.05) is 6.92 Å². The summed E-state index contributed by atoms with van der Waals surface area (Å²) in [4.78, 5) is 24.7. The molecule has 6 heteroatoms. The third kappa shape index (κ3) is 1.99. The van der Waals surface area contributed by atoms with Gasteiger partial charge in [0, 0.05) is 19.5 Å². The van der Waals surface area contributed by atoms with Crippen LogP contribution in [0.1, 0.15) is 29.5 Å². The van der Waals surface area contributed by atoms with Gasteiger partial charge in [0.15, 0.2) is 0 Å². The molecule has 0 radical (unpaired) electrons. The van der Waals surface area contributed by atoms with Gasteiger partial charge >= 0.3 is 5.97 Å². The average molecular weight is 252 g/mol. The van der Waals surface area contributed by atoms with Gasteiger partial charge < -0.3 is 20.2 Å². The minimum absolute atomic E-state index is 0.0372. The first-order chi connectivity index (χ1) is 8.48. The Balaban J connectivity index is 2.15. The van der Waals surface area contributed by atoms with Crippen LogP contribution in [0.5, 0.6) is 0 Å². The Labute approximate surface area is 104 Å². The maximum atomic E-state index is 12.2. The first-order valence-corrected chi connectivity index (χ1v) is 5.86. The lowest BCUT2D eigenvalue weighted by Gasteiger charge is -2.20. The van der Waals surface area contributed by atoms with Crippen molar-refractivity contribution in [3.63, 3.8) is 0 Å². The smallest absolute Gasteiger partial charge is 0.325 e. The van der Waals surface area contributed by atoms with Gasteiger partial charge in [0.05, 0.1) is 11.8 Å². The van der Waals surface area contributed by atoms with Crippen LogP contribution in [0.3, 0.4) is 0 Å². The molecule has 1 aliphatic rings. The zero-order valence-corrected chi connectivity index (χ0v) is 10.2. The van der Waals surface area contributed by atoms with Crippen LogP contribution in [0.25, 0.3) is 0 Å². The van der Waals surface area contributed by atoms with Crippen molar-refractivity contribution < 1.29 is 19.1 Å². The van der Waals surface area contributed by atoms with Crippen molar-refractivity contribution in [3.05, 3.63) is 23.7 Å². The molecule has 0 bridgehead atoms. The Morgan fingerprint density at radius 2 is 2.33 bits per heavy atom. The zero-order valence-electron chi connectivity index (χ0n) is 10.2. The van der Waals surface area contributed by atoms with Crippen LogP contribution < -0.4 is 5.73 Å². The highest BCUT2D eigenvalue weighted by Crippen LogP contribution is 2.22. The number of aryl methyl sites for hydroxylation is 1. The van der Waals surface area contributed by atoms with Crippen LogP contribution in [0, 0.1) is 0 Å². The van der Waals surface area contributed by atoms with Crippen LogP contribution >= 0.6 is 0 Å². The van der Waals surface area contributed by atoms with Crippen LogP contribution in [0.4, 0.5) is 0 Å². The van der Waals surface area contributed by atoms with E-state index >= 15 is 0 Å². The van der Waals surface area contributed by atoms with E-state index in [4.69, 9.17) is 15.3 Å². The number of carbonyl (C=O) groups excluding carboxylic acids is 1. The van der Waals surface area contributed by atoms with E-state index in [2.05, 4.69) is 0 Å². The summed E-state index contributed by atoms with van der Waals surface area (Å²) < 4.78 is 5.20. The topological polar surface area (TPSA) is 96.8 Å². The Bertz CT molecular complexity index is 482. The second-order valence-corrected chi connectivity index (χ2v) is 4.55. The molecule has 2 rings (SSSR count). The second-order valence-electron chi connectivity index (χ2n) is 4.55. The van der Waals surface area contributed by atoms with Crippen LogP contribution in [0.15, 0.2) is 16.7 Å². The first kappa shape index (κ1) is 12.6. The molecule has 1 atom stereocenters. The standard InChI is InChI=1S/C12H16N2O4/c1-2-9-8(3-6-18-9)10(15)14-5-4-12(13,7-14)11(16)17/h3,6H,2,4-5,7,13H2,1H3,(H,16,17). The summed E-state index contributed by atoms with van der Waals surface area (Å²) in [5, 5.41) is 9.02. The monoisotopic (exact) mass is 252 g/mol. The van der Waals surface area contributed by atoms with E-state index in [9.17, 15) is 9.59 Å². The van der Waals surface area contributed by atoms with Gasteiger partial charge in [-0.2, -0.15) is 0 Å². The van der Waals surface area contributed by atoms with E-state index < -0.39 is 11.5 Å². The minimum atomic E-state index is -1.33. The molecular formula is C12H16N2O4. The summed E-state index contributed by atoms with van der Waals surface area (Å²) >= 11 is 0. The second kappa shape index (κ2) is 4.45. The molecule has 0 aliphatic carbocycles. The predicted molar refractivity (Wildman–Crippen MR) is 63.2 cm³/mol. The van der Waals surface area contributed by atoms with Gasteiger partial charge in [0.2, 0.25) is 0 Å². The molecule has 0 spiro atoms. The maximum absolute atomic E-state index is 12.2. The number of rotatable bonds is 3. The predicted octanol–water partition coefficient (Wildman–Crippen LogP) is 0.470. The van der Waals surface area contributed by atoms with Gasteiger partial charge in [-0.15, -0.1) is 0 Å². The van der Waals surface area contributed by atoms with Crippen molar-refractivity contribution in [2.75, 3.05) is 13.1 Å². The highest BCUT2D eigenvalue weighted by molar-refractivity contribution is 5.96. The number of aliphatic carboxylic acids is 1. The molecule has 6 nitrogen and oxygen atoms in total. The Hall–Kier alpha value is -1.82. The van der Waals surface area contributed by atoms with Crippen molar-refractivity contribution in [2.45, 2.75) is 25.3 Å². The molecule has 98 valence electrons. The molecule has 1 aliphatic heterocycles. The van der Waals surface area contributed by atoms with Crippen LogP contribution in [-0.4, -0.2) is 40.5 Å². The number of nitrogens with two attached hydrogens (primary N) is 1. The number of amides is 1. The highest BCUT2D eigenvalue weighted by Gasteiger charge is 2.43. The first-order valence-electron chi connectivity index (χ1n) is 5.86. The van der Waals surface area contributed by atoms with Crippen molar-refractivity contribution in [1.29, 1.82) is 0 Å². The van der Waals surface area contributed by atoms with Crippen molar-refractivity contribution in [1.82, 2.24) is 4.90 Å². The molecule has 1 amide bonds. The van der Waals surface area contributed by atoms with E-state index in [0.29, 0.717) is 24.3 Å². The van der Waals surface area contributed by atoms with E-state index in [1.54, 1.807) is 6.07 Å². The van der Waals surface area contributed by atoms with Gasteiger partial charge in [0.25, 0.3) is 5.91 Å². The number of hydrogen-bond acceptors (Lipinski definition) is 4. The van der Waals surface area contributed by atoms with Crippen LogP contribution in [0.2, 0.25) is 0 Å².